The van der Waals surface area contributed by atoms with Crippen molar-refractivity contribution in [2.45, 2.75) is 43.8 Å². The molecule has 162 valence electrons. The highest BCUT2D eigenvalue weighted by Crippen LogP contribution is 2.43. The first-order valence-corrected chi connectivity index (χ1v) is 10.4. The second-order valence-corrected chi connectivity index (χ2v) is 8.21. The fourth-order valence-corrected chi connectivity index (χ4v) is 4.31. The van der Waals surface area contributed by atoms with E-state index in [1.807, 2.05) is 11.1 Å². The Balaban J connectivity index is 1.40. The van der Waals surface area contributed by atoms with Crippen LogP contribution in [0, 0.1) is 0 Å². The van der Waals surface area contributed by atoms with Crippen molar-refractivity contribution in [3.8, 4) is 5.69 Å². The lowest BCUT2D eigenvalue weighted by molar-refractivity contribution is -0.137. The minimum Gasteiger partial charge on any atom is -0.338 e. The average Bonchev–Trinajstić information content (AvgIpc) is 3.27. The summed E-state index contributed by atoms with van der Waals surface area (Å²) < 4.78 is 43.1. The molecule has 1 aliphatic heterocycles. The Kier molecular flexibility index (Phi) is 4.83. The molecule has 2 fully saturated rings. The van der Waals surface area contributed by atoms with Crippen molar-refractivity contribution in [3.05, 3.63) is 66.0 Å². The summed E-state index contributed by atoms with van der Waals surface area (Å²) in [5, 5.41) is 4.33. The highest BCUT2D eigenvalue weighted by atomic mass is 19.4. The number of likely N-dealkylation sites (tertiary alicyclic amines) is 1. The molecule has 6 nitrogen and oxygen atoms in total. The van der Waals surface area contributed by atoms with E-state index in [1.54, 1.807) is 18.6 Å². The quantitative estimate of drug-likeness (QED) is 0.616. The molecule has 1 saturated heterocycles. The number of halogens is 3. The van der Waals surface area contributed by atoms with Crippen LogP contribution >= 0.6 is 0 Å². The minimum atomic E-state index is -4.43. The predicted octanol–water partition coefficient (Wildman–Crippen LogP) is 4.44. The molecule has 31 heavy (non-hydrogen) atoms. The summed E-state index contributed by atoms with van der Waals surface area (Å²) in [6, 6.07) is 5.42. The van der Waals surface area contributed by atoms with Crippen molar-refractivity contribution in [1.29, 1.82) is 0 Å². The van der Waals surface area contributed by atoms with Gasteiger partial charge in [-0.05, 0) is 43.9 Å². The first kappa shape index (κ1) is 19.8. The minimum absolute atomic E-state index is 0.0933. The molecular weight excluding hydrogens is 407 g/mol. The van der Waals surface area contributed by atoms with Crippen LogP contribution in [0.3, 0.4) is 0 Å². The van der Waals surface area contributed by atoms with Crippen molar-refractivity contribution in [1.82, 2.24) is 24.2 Å². The Morgan fingerprint density at radius 3 is 2.52 bits per heavy atom. The molecule has 1 amide bonds. The molecule has 1 aliphatic carbocycles. The van der Waals surface area contributed by atoms with E-state index in [4.69, 9.17) is 0 Å². The van der Waals surface area contributed by atoms with Gasteiger partial charge in [-0.25, -0.2) is 9.67 Å². The second-order valence-electron chi connectivity index (χ2n) is 8.21. The van der Waals surface area contributed by atoms with Crippen LogP contribution in [0.25, 0.3) is 5.69 Å². The standard InChI is InChI=1S/C22H22F3N5O/c23-22(24,25)16-2-1-3-18(12-16)30-20(15-4-5-15)19(13-27-30)21(31)28-9-6-17(7-10-28)29-11-8-26-14-29/h1-3,8,11-15,17H,4-7,9-10H2. The van der Waals surface area contributed by atoms with E-state index in [0.717, 1.165) is 43.5 Å². The van der Waals surface area contributed by atoms with Gasteiger partial charge >= 0.3 is 6.18 Å². The number of hydrogen-bond donors (Lipinski definition) is 0. The zero-order chi connectivity index (χ0) is 21.6. The first-order chi connectivity index (χ1) is 14.9. The topological polar surface area (TPSA) is 56.0 Å². The summed E-state index contributed by atoms with van der Waals surface area (Å²) in [7, 11) is 0. The van der Waals surface area contributed by atoms with E-state index >= 15 is 0 Å². The molecule has 1 saturated carbocycles. The van der Waals surface area contributed by atoms with Gasteiger partial charge in [-0.2, -0.15) is 18.3 Å². The van der Waals surface area contributed by atoms with Gasteiger partial charge in [0.15, 0.2) is 0 Å². The Bertz CT molecular complexity index is 1080. The molecule has 0 bridgehead atoms. The van der Waals surface area contributed by atoms with Crippen LogP contribution < -0.4 is 0 Å². The largest absolute Gasteiger partial charge is 0.416 e. The lowest BCUT2D eigenvalue weighted by Crippen LogP contribution is -2.39. The maximum Gasteiger partial charge on any atom is 0.416 e. The third-order valence-electron chi connectivity index (χ3n) is 6.12. The maximum absolute atomic E-state index is 13.3. The maximum atomic E-state index is 13.3. The SMILES string of the molecule is O=C(c1cnn(-c2cccc(C(F)(F)F)c2)c1C1CC1)N1CCC(n2ccnc2)CC1. The third kappa shape index (κ3) is 3.84. The fraction of sp³-hybridized carbons (Fsp3) is 0.409. The number of piperidine rings is 1. The Labute approximate surface area is 177 Å². The normalized spacial score (nSPS) is 17.8. The number of benzene rings is 1. The summed E-state index contributed by atoms with van der Waals surface area (Å²) in [5.41, 5.74) is 0.827. The van der Waals surface area contributed by atoms with Crippen LogP contribution in [0.4, 0.5) is 13.2 Å². The Hall–Kier alpha value is -3.10. The average molecular weight is 429 g/mol. The summed E-state index contributed by atoms with van der Waals surface area (Å²) in [6.45, 7) is 1.25. The van der Waals surface area contributed by atoms with Gasteiger partial charge in [0.25, 0.3) is 5.91 Å². The zero-order valence-corrected chi connectivity index (χ0v) is 16.8. The van der Waals surface area contributed by atoms with Crippen molar-refractivity contribution in [2.75, 3.05) is 13.1 Å². The van der Waals surface area contributed by atoms with Crippen molar-refractivity contribution < 1.29 is 18.0 Å². The number of aromatic nitrogens is 4. The first-order valence-electron chi connectivity index (χ1n) is 10.4. The van der Waals surface area contributed by atoms with Crippen molar-refractivity contribution in [3.63, 3.8) is 0 Å². The Morgan fingerprint density at radius 2 is 1.87 bits per heavy atom. The fourth-order valence-electron chi connectivity index (χ4n) is 4.31. The second kappa shape index (κ2) is 7.55. The highest BCUT2D eigenvalue weighted by Gasteiger charge is 2.36. The molecule has 9 heteroatoms. The van der Waals surface area contributed by atoms with Crippen LogP contribution in [0.15, 0.2) is 49.2 Å². The number of rotatable bonds is 4. The molecule has 0 atom stereocenters. The van der Waals surface area contributed by atoms with E-state index in [2.05, 4.69) is 14.6 Å². The molecule has 2 aliphatic rings. The van der Waals surface area contributed by atoms with Crippen molar-refractivity contribution in [2.24, 2.45) is 0 Å². The number of amides is 1. The summed E-state index contributed by atoms with van der Waals surface area (Å²) in [6.07, 6.45) is 6.06. The molecule has 1 aromatic carbocycles. The van der Waals surface area contributed by atoms with Gasteiger partial charge in [0.05, 0.1) is 35.0 Å². The van der Waals surface area contributed by atoms with E-state index < -0.39 is 11.7 Å². The van der Waals surface area contributed by atoms with Gasteiger partial charge in [-0.3, -0.25) is 4.79 Å². The monoisotopic (exact) mass is 429 g/mol. The number of imidazole rings is 1. The molecule has 0 N–H and O–H groups in total. The van der Waals surface area contributed by atoms with E-state index in [1.165, 1.54) is 16.9 Å². The van der Waals surface area contributed by atoms with Gasteiger partial charge in [0, 0.05) is 37.4 Å². The molecule has 2 aromatic heterocycles. The van der Waals surface area contributed by atoms with Crippen LogP contribution in [-0.4, -0.2) is 43.2 Å². The zero-order valence-electron chi connectivity index (χ0n) is 16.8. The number of alkyl halides is 3. The van der Waals surface area contributed by atoms with Crippen LogP contribution in [-0.2, 0) is 6.18 Å². The summed E-state index contributed by atoms with van der Waals surface area (Å²) in [5.74, 6) is 0.0590. The van der Waals surface area contributed by atoms with Gasteiger partial charge in [-0.15, -0.1) is 0 Å². The van der Waals surface area contributed by atoms with E-state index in [-0.39, 0.29) is 11.8 Å². The third-order valence-corrected chi connectivity index (χ3v) is 6.12. The lowest BCUT2D eigenvalue weighted by atomic mass is 10.0. The molecule has 0 radical (unpaired) electrons. The molecular formula is C22H22F3N5O. The number of carbonyl (C=O) groups is 1. The van der Waals surface area contributed by atoms with Gasteiger partial charge in [0.1, 0.15) is 0 Å². The molecule has 3 aromatic rings. The predicted molar refractivity (Wildman–Crippen MR) is 107 cm³/mol. The molecule has 5 rings (SSSR count). The van der Waals surface area contributed by atoms with E-state index in [0.29, 0.717) is 30.4 Å². The number of carbonyl (C=O) groups excluding carboxylic acids is 1. The van der Waals surface area contributed by atoms with E-state index in [9.17, 15) is 18.0 Å². The molecule has 0 spiro atoms. The van der Waals surface area contributed by atoms with Gasteiger partial charge < -0.3 is 9.47 Å². The Morgan fingerprint density at radius 1 is 1.10 bits per heavy atom. The highest BCUT2D eigenvalue weighted by molar-refractivity contribution is 5.95. The molecule has 3 heterocycles. The lowest BCUT2D eigenvalue weighted by Gasteiger charge is -2.32. The smallest absolute Gasteiger partial charge is 0.338 e. The van der Waals surface area contributed by atoms with Gasteiger partial charge in [0.2, 0.25) is 0 Å². The molecule has 0 unspecified atom stereocenters. The van der Waals surface area contributed by atoms with Crippen molar-refractivity contribution >= 4 is 5.91 Å². The van der Waals surface area contributed by atoms with Gasteiger partial charge in [-0.1, -0.05) is 6.07 Å². The summed E-state index contributed by atoms with van der Waals surface area (Å²) in [4.78, 5) is 19.2. The van der Waals surface area contributed by atoms with Crippen LogP contribution in [0.1, 0.15) is 59.3 Å². The summed E-state index contributed by atoms with van der Waals surface area (Å²) >= 11 is 0. The number of hydrogen-bond acceptors (Lipinski definition) is 3. The van der Waals surface area contributed by atoms with Crippen LogP contribution in [0.2, 0.25) is 0 Å². The van der Waals surface area contributed by atoms with Crippen LogP contribution in [0.5, 0.6) is 0 Å². The number of nitrogens with zero attached hydrogens (tertiary/aromatic N) is 5.